The maximum Gasteiger partial charge on any atom is 0.272 e. The third-order valence-corrected chi connectivity index (χ3v) is 6.59. The van der Waals surface area contributed by atoms with Crippen molar-refractivity contribution in [2.45, 2.75) is 51.5 Å². The van der Waals surface area contributed by atoms with Gasteiger partial charge in [-0.25, -0.2) is 9.97 Å². The second-order valence-corrected chi connectivity index (χ2v) is 8.73. The Bertz CT molecular complexity index is 1150. The lowest BCUT2D eigenvalue weighted by Gasteiger charge is -2.31. The van der Waals surface area contributed by atoms with E-state index in [2.05, 4.69) is 22.3 Å². The molecule has 2 aliphatic rings. The molecule has 0 bridgehead atoms. The molecular weight excluding hydrogens is 416 g/mol. The molecule has 170 valence electrons. The summed E-state index contributed by atoms with van der Waals surface area (Å²) < 4.78 is 0. The van der Waals surface area contributed by atoms with Crippen LogP contribution in [0.25, 0.3) is 0 Å². The fraction of sp³-hybridized carbons (Fsp3) is 0.400. The van der Waals surface area contributed by atoms with Gasteiger partial charge in [-0.05, 0) is 50.7 Å². The van der Waals surface area contributed by atoms with Crippen LogP contribution in [-0.4, -0.2) is 50.0 Å². The van der Waals surface area contributed by atoms with E-state index >= 15 is 0 Å². The van der Waals surface area contributed by atoms with Gasteiger partial charge in [0.2, 0.25) is 5.91 Å². The fourth-order valence-electron chi connectivity index (χ4n) is 4.88. The third-order valence-electron chi connectivity index (χ3n) is 6.59. The van der Waals surface area contributed by atoms with Crippen LogP contribution >= 0.6 is 0 Å². The predicted octanol–water partition coefficient (Wildman–Crippen LogP) is 3.40. The number of H-pyrrole nitrogens is 1. The number of fused-ring (bicyclic) bond motifs is 1. The molecule has 1 aromatic carbocycles. The third kappa shape index (κ3) is 4.25. The Balaban J connectivity index is 1.40. The van der Waals surface area contributed by atoms with Gasteiger partial charge in [0.15, 0.2) is 5.82 Å². The second kappa shape index (κ2) is 9.13. The number of nitrogens with zero attached hydrogens (tertiary/aromatic N) is 5. The number of aromatic amines is 1. The second-order valence-electron chi connectivity index (χ2n) is 8.73. The van der Waals surface area contributed by atoms with Crippen LogP contribution < -0.4 is 4.90 Å². The van der Waals surface area contributed by atoms with E-state index in [4.69, 9.17) is 9.97 Å². The zero-order valence-electron chi connectivity index (χ0n) is 18.8. The lowest BCUT2D eigenvalue weighted by Crippen LogP contribution is -2.38. The highest BCUT2D eigenvalue weighted by molar-refractivity contribution is 5.95. The van der Waals surface area contributed by atoms with Gasteiger partial charge in [0, 0.05) is 37.0 Å². The van der Waals surface area contributed by atoms with Crippen molar-refractivity contribution < 1.29 is 9.59 Å². The van der Waals surface area contributed by atoms with Gasteiger partial charge in [-0.3, -0.25) is 19.6 Å². The minimum atomic E-state index is -0.201. The first kappa shape index (κ1) is 21.3. The van der Waals surface area contributed by atoms with Gasteiger partial charge >= 0.3 is 0 Å². The van der Waals surface area contributed by atoms with Crippen LogP contribution in [0.1, 0.15) is 64.9 Å². The van der Waals surface area contributed by atoms with Gasteiger partial charge in [0.05, 0.1) is 6.04 Å². The molecule has 33 heavy (non-hydrogen) atoms. The Morgan fingerprint density at radius 2 is 2.00 bits per heavy atom. The first-order chi connectivity index (χ1) is 16.1. The summed E-state index contributed by atoms with van der Waals surface area (Å²) in [5, 5.41) is 6.67. The van der Waals surface area contributed by atoms with Gasteiger partial charge in [-0.2, -0.15) is 5.10 Å². The monoisotopic (exact) mass is 444 g/mol. The van der Waals surface area contributed by atoms with Gasteiger partial charge in [-0.15, -0.1) is 0 Å². The lowest BCUT2D eigenvalue weighted by atomic mass is 10.0. The minimum Gasteiger partial charge on any atom is -0.327 e. The Kier molecular flexibility index (Phi) is 5.90. The SMILES string of the molecule is Cc1nc([C@H]2CCCN2C(=O)c2ccn[nH]2)nc2c1CCC(=O)N2CCCc1ccccc1. The molecule has 1 saturated heterocycles. The van der Waals surface area contributed by atoms with Crippen molar-refractivity contribution in [3.63, 3.8) is 0 Å². The highest BCUT2D eigenvalue weighted by Crippen LogP contribution is 2.35. The molecule has 1 N–H and O–H groups in total. The Morgan fingerprint density at radius 3 is 2.79 bits per heavy atom. The molecule has 2 amide bonds. The topological polar surface area (TPSA) is 95.1 Å². The minimum absolute atomic E-state index is 0.0928. The van der Waals surface area contributed by atoms with Crippen molar-refractivity contribution in [2.24, 2.45) is 0 Å². The van der Waals surface area contributed by atoms with Crippen LogP contribution in [-0.2, 0) is 17.6 Å². The number of likely N-dealkylation sites (tertiary alicyclic amines) is 1. The van der Waals surface area contributed by atoms with Crippen molar-refractivity contribution in [1.82, 2.24) is 25.1 Å². The van der Waals surface area contributed by atoms with Gasteiger partial charge in [-0.1, -0.05) is 30.3 Å². The molecule has 2 aliphatic heterocycles. The Hall–Kier alpha value is -3.55. The number of amides is 2. The molecule has 3 aromatic rings. The molecule has 5 rings (SSSR count). The number of nitrogens with one attached hydrogen (secondary N) is 1. The average Bonchev–Trinajstić information content (AvgIpc) is 3.53. The summed E-state index contributed by atoms with van der Waals surface area (Å²) in [4.78, 5) is 39.2. The van der Waals surface area contributed by atoms with E-state index in [0.717, 1.165) is 42.8 Å². The fourth-order valence-corrected chi connectivity index (χ4v) is 4.88. The normalized spacial score (nSPS) is 18.0. The lowest BCUT2D eigenvalue weighted by molar-refractivity contribution is -0.119. The van der Waals surface area contributed by atoms with E-state index in [9.17, 15) is 9.59 Å². The van der Waals surface area contributed by atoms with E-state index in [1.54, 1.807) is 12.3 Å². The highest BCUT2D eigenvalue weighted by atomic mass is 16.2. The molecule has 0 unspecified atom stereocenters. The largest absolute Gasteiger partial charge is 0.327 e. The van der Waals surface area contributed by atoms with E-state index in [0.29, 0.717) is 37.4 Å². The molecule has 8 heteroatoms. The summed E-state index contributed by atoms with van der Waals surface area (Å²) in [5.41, 5.74) is 3.67. The van der Waals surface area contributed by atoms with Crippen molar-refractivity contribution in [3.8, 4) is 0 Å². The smallest absolute Gasteiger partial charge is 0.272 e. The number of aryl methyl sites for hydroxylation is 2. The molecular formula is C25H28N6O2. The number of aromatic nitrogens is 4. The quantitative estimate of drug-likeness (QED) is 0.629. The number of carbonyl (C=O) groups excluding carboxylic acids is 2. The number of carbonyl (C=O) groups is 2. The molecule has 1 fully saturated rings. The van der Waals surface area contributed by atoms with Gasteiger partial charge in [0.1, 0.15) is 11.5 Å². The summed E-state index contributed by atoms with van der Waals surface area (Å²) in [6, 6.07) is 11.8. The number of anilines is 1. The first-order valence-corrected chi connectivity index (χ1v) is 11.6. The zero-order chi connectivity index (χ0) is 22.8. The molecule has 0 aliphatic carbocycles. The maximum absolute atomic E-state index is 13.0. The number of hydrogen-bond acceptors (Lipinski definition) is 5. The van der Waals surface area contributed by atoms with E-state index in [-0.39, 0.29) is 17.9 Å². The summed E-state index contributed by atoms with van der Waals surface area (Å²) in [7, 11) is 0. The number of rotatable bonds is 6. The molecule has 4 heterocycles. The van der Waals surface area contributed by atoms with E-state index in [1.807, 2.05) is 34.9 Å². The zero-order valence-corrected chi connectivity index (χ0v) is 18.8. The average molecular weight is 445 g/mol. The molecule has 1 atom stereocenters. The molecule has 2 aromatic heterocycles. The number of hydrogen-bond donors (Lipinski definition) is 1. The van der Waals surface area contributed by atoms with Crippen LogP contribution in [0.5, 0.6) is 0 Å². The molecule has 0 saturated carbocycles. The highest BCUT2D eigenvalue weighted by Gasteiger charge is 2.35. The van der Waals surface area contributed by atoms with Crippen molar-refractivity contribution in [3.05, 3.63) is 70.9 Å². The molecule has 8 nitrogen and oxygen atoms in total. The Labute approximate surface area is 193 Å². The molecule has 0 spiro atoms. The van der Waals surface area contributed by atoms with Gasteiger partial charge < -0.3 is 4.90 Å². The van der Waals surface area contributed by atoms with Gasteiger partial charge in [0.25, 0.3) is 5.91 Å². The van der Waals surface area contributed by atoms with Crippen molar-refractivity contribution in [1.29, 1.82) is 0 Å². The summed E-state index contributed by atoms with van der Waals surface area (Å²) in [5.74, 6) is 1.36. The number of benzene rings is 1. The summed E-state index contributed by atoms with van der Waals surface area (Å²) in [6.45, 7) is 3.26. The van der Waals surface area contributed by atoms with Crippen LogP contribution in [0.3, 0.4) is 0 Å². The van der Waals surface area contributed by atoms with Crippen LogP contribution in [0.2, 0.25) is 0 Å². The van der Waals surface area contributed by atoms with E-state index < -0.39 is 0 Å². The van der Waals surface area contributed by atoms with Crippen LogP contribution in [0, 0.1) is 6.92 Å². The summed E-state index contributed by atoms with van der Waals surface area (Å²) in [6.07, 6.45) is 6.20. The van der Waals surface area contributed by atoms with Crippen molar-refractivity contribution in [2.75, 3.05) is 18.0 Å². The van der Waals surface area contributed by atoms with Crippen LogP contribution in [0.15, 0.2) is 42.6 Å². The Morgan fingerprint density at radius 1 is 1.15 bits per heavy atom. The maximum atomic E-state index is 13.0. The van der Waals surface area contributed by atoms with E-state index in [1.165, 1.54) is 5.56 Å². The van der Waals surface area contributed by atoms with Crippen LogP contribution in [0.4, 0.5) is 5.82 Å². The standard InChI is InChI=1S/C25H28N6O2/c1-17-19-11-12-22(32)31(16-5-9-18-7-3-2-4-8-18)24(19)28-23(27-17)21-10-6-15-30(21)25(33)20-13-14-26-29-20/h2-4,7-8,13-14,21H,5-6,9-12,15-16H2,1H3,(H,26,29)/t21-/m1/s1. The predicted molar refractivity (Wildman–Crippen MR) is 124 cm³/mol. The van der Waals surface area contributed by atoms with Crippen molar-refractivity contribution >= 4 is 17.6 Å². The molecule has 0 radical (unpaired) electrons. The summed E-state index contributed by atoms with van der Waals surface area (Å²) >= 11 is 0. The first-order valence-electron chi connectivity index (χ1n) is 11.6.